The Bertz CT molecular complexity index is 1210. The summed E-state index contributed by atoms with van der Waals surface area (Å²) < 4.78 is 32.1. The zero-order valence-corrected chi connectivity index (χ0v) is 20.0. The SMILES string of the molecule is Cc1ccc(S(=O)(=O)CC(=O)N(CCN2CCOCC2)c2nc3c(Cl)cccc3s2)cc1. The first-order chi connectivity index (χ1) is 15.3. The Kier molecular flexibility index (Phi) is 7.11. The van der Waals surface area contributed by atoms with E-state index in [2.05, 4.69) is 9.88 Å². The monoisotopic (exact) mass is 493 g/mol. The van der Waals surface area contributed by atoms with Gasteiger partial charge in [0, 0.05) is 26.2 Å². The molecule has 1 aliphatic rings. The number of ether oxygens (including phenoxy) is 1. The number of aromatic nitrogens is 1. The van der Waals surface area contributed by atoms with E-state index in [1.165, 1.54) is 28.4 Å². The Morgan fingerprint density at radius 2 is 1.91 bits per heavy atom. The number of hydrogen-bond donors (Lipinski definition) is 0. The van der Waals surface area contributed by atoms with Gasteiger partial charge in [-0.05, 0) is 31.2 Å². The lowest BCUT2D eigenvalue weighted by atomic mass is 10.2. The molecule has 10 heteroatoms. The number of anilines is 1. The Labute approximate surface area is 196 Å². The molecule has 0 aliphatic carbocycles. The molecule has 7 nitrogen and oxygen atoms in total. The van der Waals surface area contributed by atoms with E-state index < -0.39 is 21.5 Å². The van der Waals surface area contributed by atoms with Gasteiger partial charge in [0.15, 0.2) is 15.0 Å². The van der Waals surface area contributed by atoms with Crippen molar-refractivity contribution >= 4 is 54.0 Å². The molecular weight excluding hydrogens is 470 g/mol. The van der Waals surface area contributed by atoms with Gasteiger partial charge in [0.1, 0.15) is 11.3 Å². The second kappa shape index (κ2) is 9.84. The van der Waals surface area contributed by atoms with Crippen LogP contribution in [0.1, 0.15) is 5.56 Å². The number of para-hydroxylation sites is 1. The highest BCUT2D eigenvalue weighted by Crippen LogP contribution is 2.33. The number of sulfone groups is 1. The van der Waals surface area contributed by atoms with Gasteiger partial charge in [0.25, 0.3) is 0 Å². The zero-order chi connectivity index (χ0) is 22.7. The van der Waals surface area contributed by atoms with E-state index in [0.717, 1.165) is 23.4 Å². The highest BCUT2D eigenvalue weighted by Gasteiger charge is 2.27. The van der Waals surface area contributed by atoms with Crippen molar-refractivity contribution in [3.8, 4) is 0 Å². The molecule has 4 rings (SSSR count). The van der Waals surface area contributed by atoms with Crippen LogP contribution in [-0.4, -0.2) is 69.4 Å². The van der Waals surface area contributed by atoms with Crippen LogP contribution in [0.4, 0.5) is 5.13 Å². The minimum atomic E-state index is -3.78. The molecule has 0 spiro atoms. The standard InChI is InChI=1S/C22H24ClN3O4S2/c1-16-5-7-17(8-6-16)32(28,29)15-20(27)26(10-9-25-11-13-30-14-12-25)22-24-21-18(23)3-2-4-19(21)31-22/h2-8H,9-15H2,1H3. The van der Waals surface area contributed by atoms with Crippen LogP contribution >= 0.6 is 22.9 Å². The van der Waals surface area contributed by atoms with Crippen molar-refractivity contribution in [2.75, 3.05) is 50.0 Å². The van der Waals surface area contributed by atoms with Gasteiger partial charge in [0.05, 0.1) is 27.8 Å². The summed E-state index contributed by atoms with van der Waals surface area (Å²) in [5, 5.41) is 0.948. The molecule has 0 unspecified atom stereocenters. The van der Waals surface area contributed by atoms with Gasteiger partial charge in [-0.25, -0.2) is 13.4 Å². The summed E-state index contributed by atoms with van der Waals surface area (Å²) in [6, 6.07) is 12.0. The van der Waals surface area contributed by atoms with Crippen molar-refractivity contribution in [2.24, 2.45) is 0 Å². The smallest absolute Gasteiger partial charge is 0.244 e. The minimum Gasteiger partial charge on any atom is -0.379 e. The van der Waals surface area contributed by atoms with Crippen LogP contribution < -0.4 is 4.90 Å². The number of fused-ring (bicyclic) bond motifs is 1. The van der Waals surface area contributed by atoms with Crippen molar-refractivity contribution in [1.29, 1.82) is 0 Å². The number of halogens is 1. The molecule has 0 bridgehead atoms. The van der Waals surface area contributed by atoms with E-state index in [0.29, 0.717) is 42.0 Å². The largest absolute Gasteiger partial charge is 0.379 e. The van der Waals surface area contributed by atoms with Crippen LogP contribution in [0.25, 0.3) is 10.2 Å². The summed E-state index contributed by atoms with van der Waals surface area (Å²) in [5.41, 5.74) is 1.56. The number of benzene rings is 2. The van der Waals surface area contributed by atoms with Crippen molar-refractivity contribution < 1.29 is 17.9 Å². The predicted molar refractivity (Wildman–Crippen MR) is 127 cm³/mol. The van der Waals surface area contributed by atoms with E-state index in [4.69, 9.17) is 16.3 Å². The summed E-state index contributed by atoms with van der Waals surface area (Å²) in [5.74, 6) is -1.13. The van der Waals surface area contributed by atoms with Crippen LogP contribution in [0.2, 0.25) is 5.02 Å². The second-order valence-electron chi connectivity index (χ2n) is 7.65. The lowest BCUT2D eigenvalue weighted by Gasteiger charge is -2.29. The molecule has 2 aromatic carbocycles. The Morgan fingerprint density at radius 3 is 2.59 bits per heavy atom. The second-order valence-corrected chi connectivity index (χ2v) is 11.1. The van der Waals surface area contributed by atoms with Gasteiger partial charge >= 0.3 is 0 Å². The van der Waals surface area contributed by atoms with Crippen LogP contribution in [-0.2, 0) is 19.4 Å². The maximum atomic E-state index is 13.3. The molecule has 1 aliphatic heterocycles. The number of rotatable bonds is 7. The molecule has 1 saturated heterocycles. The molecule has 1 fully saturated rings. The molecule has 0 saturated carbocycles. The number of carbonyl (C=O) groups excluding carboxylic acids is 1. The van der Waals surface area contributed by atoms with Gasteiger partial charge in [0.2, 0.25) is 5.91 Å². The molecule has 1 aromatic heterocycles. The number of amides is 1. The number of hydrogen-bond acceptors (Lipinski definition) is 7. The van der Waals surface area contributed by atoms with E-state index >= 15 is 0 Å². The summed E-state index contributed by atoms with van der Waals surface area (Å²) in [4.78, 5) is 21.6. The number of nitrogens with zero attached hydrogens (tertiary/aromatic N) is 3. The fourth-order valence-corrected chi connectivity index (χ4v) is 5.99. The third-order valence-electron chi connectivity index (χ3n) is 5.33. The molecule has 3 aromatic rings. The molecule has 0 N–H and O–H groups in total. The third kappa shape index (κ3) is 5.29. The molecule has 32 heavy (non-hydrogen) atoms. The van der Waals surface area contributed by atoms with Crippen LogP contribution in [0.5, 0.6) is 0 Å². The van der Waals surface area contributed by atoms with Crippen molar-refractivity contribution in [2.45, 2.75) is 11.8 Å². The highest BCUT2D eigenvalue weighted by atomic mass is 35.5. The molecule has 0 radical (unpaired) electrons. The number of thiazole rings is 1. The topological polar surface area (TPSA) is 79.8 Å². The summed E-state index contributed by atoms with van der Waals surface area (Å²) in [6.07, 6.45) is 0. The van der Waals surface area contributed by atoms with Gasteiger partial charge in [-0.1, -0.05) is 46.7 Å². The van der Waals surface area contributed by atoms with Gasteiger partial charge in [-0.2, -0.15) is 0 Å². The minimum absolute atomic E-state index is 0.136. The first kappa shape index (κ1) is 23.1. The van der Waals surface area contributed by atoms with Gasteiger partial charge in [-0.3, -0.25) is 14.6 Å². The molecule has 2 heterocycles. The lowest BCUT2D eigenvalue weighted by molar-refractivity contribution is -0.116. The molecule has 170 valence electrons. The zero-order valence-electron chi connectivity index (χ0n) is 17.7. The molecular formula is C22H24ClN3O4S2. The predicted octanol–water partition coefficient (Wildman–Crippen LogP) is 3.40. The highest BCUT2D eigenvalue weighted by molar-refractivity contribution is 7.92. The molecule has 1 amide bonds. The summed E-state index contributed by atoms with van der Waals surface area (Å²) in [7, 11) is -3.78. The number of morpholine rings is 1. The normalized spacial score (nSPS) is 15.2. The Hall–Kier alpha value is -2.04. The summed E-state index contributed by atoms with van der Waals surface area (Å²) >= 11 is 7.61. The molecule has 0 atom stereocenters. The van der Waals surface area contributed by atoms with Crippen LogP contribution in [0.15, 0.2) is 47.4 Å². The lowest BCUT2D eigenvalue weighted by Crippen LogP contribution is -2.44. The number of aryl methyl sites for hydroxylation is 1. The number of carbonyl (C=O) groups is 1. The first-order valence-corrected chi connectivity index (χ1v) is 13.1. The maximum absolute atomic E-state index is 13.3. The average Bonchev–Trinajstić information content (AvgIpc) is 3.20. The fraction of sp³-hybridized carbons (Fsp3) is 0.364. The summed E-state index contributed by atoms with van der Waals surface area (Å²) in [6.45, 7) is 5.65. The van der Waals surface area contributed by atoms with Gasteiger partial charge < -0.3 is 4.74 Å². The third-order valence-corrected chi connectivity index (χ3v) is 8.29. The van der Waals surface area contributed by atoms with Crippen LogP contribution in [0, 0.1) is 6.92 Å². The fourth-order valence-electron chi connectivity index (χ4n) is 3.48. The van der Waals surface area contributed by atoms with E-state index in [-0.39, 0.29) is 4.90 Å². The van der Waals surface area contributed by atoms with E-state index in [1.54, 1.807) is 18.2 Å². The Balaban J connectivity index is 1.60. The van der Waals surface area contributed by atoms with Crippen molar-refractivity contribution in [3.63, 3.8) is 0 Å². The Morgan fingerprint density at radius 1 is 1.19 bits per heavy atom. The van der Waals surface area contributed by atoms with E-state index in [1.807, 2.05) is 19.1 Å². The maximum Gasteiger partial charge on any atom is 0.244 e. The van der Waals surface area contributed by atoms with E-state index in [9.17, 15) is 13.2 Å². The average molecular weight is 494 g/mol. The first-order valence-electron chi connectivity index (χ1n) is 10.3. The van der Waals surface area contributed by atoms with Crippen molar-refractivity contribution in [3.05, 3.63) is 53.1 Å². The quantitative estimate of drug-likeness (QED) is 0.502. The van der Waals surface area contributed by atoms with Gasteiger partial charge in [-0.15, -0.1) is 0 Å². The van der Waals surface area contributed by atoms with Crippen molar-refractivity contribution in [1.82, 2.24) is 9.88 Å². The van der Waals surface area contributed by atoms with Crippen LogP contribution in [0.3, 0.4) is 0 Å².